The molecule has 33 heavy (non-hydrogen) atoms. The van der Waals surface area contributed by atoms with E-state index in [2.05, 4.69) is 10.6 Å². The van der Waals surface area contributed by atoms with Crippen molar-refractivity contribution in [3.8, 4) is 11.8 Å². The third-order valence-corrected chi connectivity index (χ3v) is 5.05. The van der Waals surface area contributed by atoms with Gasteiger partial charge in [0.25, 0.3) is 11.8 Å². The fourth-order valence-electron chi connectivity index (χ4n) is 3.07. The Morgan fingerprint density at radius 3 is 2.45 bits per heavy atom. The summed E-state index contributed by atoms with van der Waals surface area (Å²) in [7, 11) is 0. The largest absolute Gasteiger partial charge is 0.483 e. The van der Waals surface area contributed by atoms with Crippen LogP contribution in [-0.2, 0) is 9.59 Å². The fourth-order valence-corrected chi connectivity index (χ4v) is 3.25. The summed E-state index contributed by atoms with van der Waals surface area (Å²) in [4.78, 5) is 24.9. The number of hydrogen-bond donors (Lipinski definition) is 2. The topological polar surface area (TPSA) is 91.2 Å². The van der Waals surface area contributed by atoms with Gasteiger partial charge < -0.3 is 15.4 Å². The molecule has 0 bridgehead atoms. The van der Waals surface area contributed by atoms with E-state index in [0.29, 0.717) is 27.7 Å². The van der Waals surface area contributed by atoms with Crippen LogP contribution >= 0.6 is 11.6 Å². The number of aryl methyl sites for hydroxylation is 2. The SMILES string of the molecule is Cc1ccc(NC(=O)COc2ccccc2/C=C(\C#N)C(=O)Nc2ccccc2Cl)c(C)c1. The maximum absolute atomic E-state index is 12.6. The number of para-hydroxylation sites is 2. The molecule has 0 aliphatic heterocycles. The highest BCUT2D eigenvalue weighted by molar-refractivity contribution is 6.34. The molecule has 0 unspecified atom stereocenters. The molecule has 0 radical (unpaired) electrons. The van der Waals surface area contributed by atoms with E-state index in [1.165, 1.54) is 6.08 Å². The molecule has 0 aliphatic carbocycles. The van der Waals surface area contributed by atoms with Crippen LogP contribution in [0.2, 0.25) is 5.02 Å². The van der Waals surface area contributed by atoms with Crippen molar-refractivity contribution in [2.45, 2.75) is 13.8 Å². The van der Waals surface area contributed by atoms with E-state index >= 15 is 0 Å². The van der Waals surface area contributed by atoms with Crippen molar-refractivity contribution in [3.63, 3.8) is 0 Å². The second-order valence-corrected chi connectivity index (χ2v) is 7.70. The lowest BCUT2D eigenvalue weighted by Gasteiger charge is -2.12. The summed E-state index contributed by atoms with van der Waals surface area (Å²) >= 11 is 6.07. The van der Waals surface area contributed by atoms with Gasteiger partial charge in [-0.1, -0.05) is 59.6 Å². The Hall–Kier alpha value is -4.08. The number of halogens is 1. The predicted octanol–water partition coefficient (Wildman–Crippen LogP) is 5.52. The number of rotatable bonds is 7. The first-order chi connectivity index (χ1) is 15.9. The zero-order valence-corrected chi connectivity index (χ0v) is 18.9. The molecule has 6 nitrogen and oxygen atoms in total. The highest BCUT2D eigenvalue weighted by atomic mass is 35.5. The Balaban J connectivity index is 1.71. The van der Waals surface area contributed by atoms with Crippen LogP contribution in [0.25, 0.3) is 6.08 Å². The van der Waals surface area contributed by atoms with Gasteiger partial charge in [0, 0.05) is 11.3 Å². The van der Waals surface area contributed by atoms with Crippen molar-refractivity contribution in [1.82, 2.24) is 0 Å². The van der Waals surface area contributed by atoms with E-state index < -0.39 is 5.91 Å². The summed E-state index contributed by atoms with van der Waals surface area (Å²) in [6.45, 7) is 3.67. The number of nitriles is 1. The number of ether oxygens (including phenoxy) is 1. The minimum atomic E-state index is -0.604. The molecule has 0 aliphatic rings. The van der Waals surface area contributed by atoms with E-state index in [9.17, 15) is 14.9 Å². The van der Waals surface area contributed by atoms with Crippen molar-refractivity contribution in [2.24, 2.45) is 0 Å². The Labute approximate surface area is 197 Å². The maximum Gasteiger partial charge on any atom is 0.266 e. The smallest absolute Gasteiger partial charge is 0.266 e. The van der Waals surface area contributed by atoms with Crippen LogP contribution in [-0.4, -0.2) is 18.4 Å². The number of hydrogen-bond acceptors (Lipinski definition) is 4. The first kappa shape index (κ1) is 23.6. The molecule has 0 saturated heterocycles. The Morgan fingerprint density at radius 2 is 1.73 bits per heavy atom. The standard InChI is InChI=1S/C26H22ClN3O3/c1-17-11-12-22(18(2)13-17)29-25(31)16-33-24-10-6-3-7-19(24)14-20(15-28)26(32)30-23-9-5-4-8-21(23)27/h3-14H,16H2,1-2H3,(H,29,31)(H,30,32)/b20-14+. The summed E-state index contributed by atoms with van der Waals surface area (Å²) in [5.41, 5.74) is 3.53. The molecule has 166 valence electrons. The van der Waals surface area contributed by atoms with Crippen molar-refractivity contribution in [2.75, 3.05) is 17.2 Å². The molecule has 3 rings (SSSR count). The summed E-state index contributed by atoms with van der Waals surface area (Å²) in [6, 6.07) is 21.2. The van der Waals surface area contributed by atoms with Gasteiger partial charge in [-0.3, -0.25) is 9.59 Å². The van der Waals surface area contributed by atoms with Gasteiger partial charge in [-0.15, -0.1) is 0 Å². The number of benzene rings is 3. The monoisotopic (exact) mass is 459 g/mol. The number of nitrogens with one attached hydrogen (secondary N) is 2. The molecule has 0 fully saturated rings. The van der Waals surface area contributed by atoms with E-state index in [1.54, 1.807) is 48.5 Å². The summed E-state index contributed by atoms with van der Waals surface area (Å²) in [5.74, 6) is -0.558. The van der Waals surface area contributed by atoms with Crippen LogP contribution in [0.1, 0.15) is 16.7 Å². The molecular formula is C26H22ClN3O3. The zero-order valence-electron chi connectivity index (χ0n) is 18.2. The van der Waals surface area contributed by atoms with Crippen LogP contribution in [0.5, 0.6) is 5.75 Å². The number of carbonyl (C=O) groups is 2. The average Bonchev–Trinajstić information content (AvgIpc) is 2.80. The molecule has 2 amide bonds. The molecule has 0 heterocycles. The highest BCUT2D eigenvalue weighted by Gasteiger charge is 2.13. The molecule has 0 atom stereocenters. The number of amides is 2. The van der Waals surface area contributed by atoms with E-state index in [4.69, 9.17) is 16.3 Å². The molecule has 0 spiro atoms. The molecule has 2 N–H and O–H groups in total. The molecular weight excluding hydrogens is 438 g/mol. The van der Waals surface area contributed by atoms with Crippen LogP contribution in [0.3, 0.4) is 0 Å². The minimum absolute atomic E-state index is 0.134. The first-order valence-electron chi connectivity index (χ1n) is 10.1. The van der Waals surface area contributed by atoms with Gasteiger partial charge in [0.2, 0.25) is 0 Å². The number of anilines is 2. The lowest BCUT2D eigenvalue weighted by molar-refractivity contribution is -0.118. The van der Waals surface area contributed by atoms with Gasteiger partial charge in [0.15, 0.2) is 6.61 Å². The van der Waals surface area contributed by atoms with Crippen LogP contribution in [0, 0.1) is 25.2 Å². The third-order valence-electron chi connectivity index (χ3n) is 4.72. The van der Waals surface area contributed by atoms with Crippen LogP contribution in [0.4, 0.5) is 11.4 Å². The van der Waals surface area contributed by atoms with Gasteiger partial charge >= 0.3 is 0 Å². The van der Waals surface area contributed by atoms with Gasteiger partial charge in [-0.2, -0.15) is 5.26 Å². The molecule has 0 aromatic heterocycles. The van der Waals surface area contributed by atoms with Gasteiger partial charge in [-0.25, -0.2) is 0 Å². The van der Waals surface area contributed by atoms with E-state index in [-0.39, 0.29) is 18.1 Å². The minimum Gasteiger partial charge on any atom is -0.483 e. The average molecular weight is 460 g/mol. The quantitative estimate of drug-likeness (QED) is 0.359. The van der Waals surface area contributed by atoms with Gasteiger partial charge in [0.05, 0.1) is 10.7 Å². The lowest BCUT2D eigenvalue weighted by Crippen LogP contribution is -2.21. The third kappa shape index (κ3) is 6.45. The highest BCUT2D eigenvalue weighted by Crippen LogP contribution is 2.24. The number of carbonyl (C=O) groups excluding carboxylic acids is 2. The van der Waals surface area contributed by atoms with Gasteiger partial charge in [-0.05, 0) is 49.8 Å². The fraction of sp³-hybridized carbons (Fsp3) is 0.115. The molecule has 0 saturated carbocycles. The first-order valence-corrected chi connectivity index (χ1v) is 10.5. The Kier molecular flexibility index (Phi) is 7.85. The summed E-state index contributed by atoms with van der Waals surface area (Å²) in [5, 5.41) is 15.3. The Morgan fingerprint density at radius 1 is 1.00 bits per heavy atom. The molecule has 3 aromatic rings. The van der Waals surface area contributed by atoms with Crippen molar-refractivity contribution in [3.05, 3.63) is 94.0 Å². The maximum atomic E-state index is 12.6. The summed E-state index contributed by atoms with van der Waals surface area (Å²) in [6.07, 6.45) is 1.41. The second kappa shape index (κ2) is 11.0. The van der Waals surface area contributed by atoms with E-state index in [1.807, 2.05) is 38.1 Å². The van der Waals surface area contributed by atoms with Crippen LogP contribution in [0.15, 0.2) is 72.3 Å². The summed E-state index contributed by atoms with van der Waals surface area (Å²) < 4.78 is 5.68. The van der Waals surface area contributed by atoms with Crippen molar-refractivity contribution < 1.29 is 14.3 Å². The van der Waals surface area contributed by atoms with Crippen molar-refractivity contribution in [1.29, 1.82) is 5.26 Å². The van der Waals surface area contributed by atoms with Gasteiger partial charge in [0.1, 0.15) is 17.4 Å². The normalized spacial score (nSPS) is 10.8. The number of nitrogens with zero attached hydrogens (tertiary/aromatic N) is 1. The second-order valence-electron chi connectivity index (χ2n) is 7.30. The lowest BCUT2D eigenvalue weighted by atomic mass is 10.1. The van der Waals surface area contributed by atoms with E-state index in [0.717, 1.165) is 11.1 Å². The van der Waals surface area contributed by atoms with Crippen molar-refractivity contribution >= 4 is 40.9 Å². The predicted molar refractivity (Wildman–Crippen MR) is 130 cm³/mol. The molecule has 7 heteroatoms. The molecule has 3 aromatic carbocycles. The Bertz CT molecular complexity index is 1260. The van der Waals surface area contributed by atoms with Crippen LogP contribution < -0.4 is 15.4 Å². The zero-order chi connectivity index (χ0) is 23.8.